The van der Waals surface area contributed by atoms with E-state index in [1.807, 2.05) is 24.3 Å². The fourth-order valence-corrected chi connectivity index (χ4v) is 9.05. The molecule has 19 N–H and O–H groups in total. The molecule has 2 aromatic carbocycles. The molecule has 1 aliphatic carbocycles. The highest BCUT2D eigenvalue weighted by atomic mass is 16.2. The summed E-state index contributed by atoms with van der Waals surface area (Å²) in [5.74, 6) is -7.04. The van der Waals surface area contributed by atoms with Crippen LogP contribution in [-0.2, 0) is 62.4 Å². The molecule has 6 rings (SSSR count). The molecule has 2 aromatic heterocycles. The number of amides is 9. The van der Waals surface area contributed by atoms with Crippen molar-refractivity contribution in [1.29, 1.82) is 10.8 Å². The number of benzene rings is 2. The van der Waals surface area contributed by atoms with Crippen LogP contribution in [0.3, 0.4) is 0 Å². The van der Waals surface area contributed by atoms with Crippen LogP contribution in [0.1, 0.15) is 88.0 Å². The zero-order chi connectivity index (χ0) is 57.6. The van der Waals surface area contributed by atoms with Gasteiger partial charge >= 0.3 is 0 Å². The summed E-state index contributed by atoms with van der Waals surface area (Å²) >= 11 is 0. The van der Waals surface area contributed by atoms with Gasteiger partial charge in [0.15, 0.2) is 11.9 Å². The van der Waals surface area contributed by atoms with Gasteiger partial charge in [0, 0.05) is 81.6 Å². The highest BCUT2D eigenvalue weighted by Crippen LogP contribution is 2.21. The Labute approximate surface area is 462 Å². The van der Waals surface area contributed by atoms with Gasteiger partial charge in [-0.05, 0) is 75.0 Å². The van der Waals surface area contributed by atoms with Gasteiger partial charge in [0.05, 0.1) is 12.0 Å². The van der Waals surface area contributed by atoms with Crippen molar-refractivity contribution in [3.05, 3.63) is 90.1 Å². The number of hydrogen-bond donors (Lipinski definition) is 17. The zero-order valence-electron chi connectivity index (χ0n) is 44.6. The minimum Gasteiger partial charge on any atom is -0.370 e. The molecule has 1 aliphatic heterocycles. The molecule has 0 radical (unpaired) electrons. The van der Waals surface area contributed by atoms with Crippen molar-refractivity contribution in [3.63, 3.8) is 0 Å². The van der Waals surface area contributed by atoms with Crippen molar-refractivity contribution in [1.82, 2.24) is 73.4 Å². The van der Waals surface area contributed by atoms with E-state index >= 15 is 0 Å². The van der Waals surface area contributed by atoms with Gasteiger partial charge in [0.2, 0.25) is 53.2 Å². The number of nitrogens with one attached hydrogen (secondary N) is 15. The first-order valence-corrected chi connectivity index (χ1v) is 26.8. The second kappa shape index (κ2) is 30.2. The summed E-state index contributed by atoms with van der Waals surface area (Å²) in [6.07, 6.45) is 5.75. The van der Waals surface area contributed by atoms with Crippen LogP contribution < -0.4 is 70.0 Å². The van der Waals surface area contributed by atoms with Gasteiger partial charge in [0.1, 0.15) is 42.3 Å². The van der Waals surface area contributed by atoms with Crippen LogP contribution in [0.4, 0.5) is 0 Å². The fourth-order valence-electron chi connectivity index (χ4n) is 9.05. The second-order valence-corrected chi connectivity index (χ2v) is 19.9. The smallest absolute Gasteiger partial charge is 0.243 e. The fraction of sp³-hybridized carbons (Fsp3) is 0.472. The molecule has 80 heavy (non-hydrogen) atoms. The Bertz CT molecular complexity index is 2800. The maximum absolute atomic E-state index is 14.8. The summed E-state index contributed by atoms with van der Waals surface area (Å²) in [7, 11) is 0. The molecular weight excluding hydrogens is 1030 g/mol. The molecule has 27 nitrogen and oxygen atoms in total. The normalized spacial score (nSPS) is 21.4. The number of aromatic amines is 2. The summed E-state index contributed by atoms with van der Waals surface area (Å²) in [6, 6.07) is 6.66. The third-order valence-electron chi connectivity index (χ3n) is 13.4. The van der Waals surface area contributed by atoms with E-state index in [4.69, 9.17) is 22.3 Å². The van der Waals surface area contributed by atoms with Crippen LogP contribution in [0.2, 0.25) is 0 Å². The summed E-state index contributed by atoms with van der Waals surface area (Å²) in [6.45, 7) is 1.55. The Kier molecular flexibility index (Phi) is 22.7. The van der Waals surface area contributed by atoms with Crippen molar-refractivity contribution < 1.29 is 43.2 Å². The molecule has 0 spiro atoms. The van der Waals surface area contributed by atoms with Gasteiger partial charge in [-0.25, -0.2) is 4.98 Å². The molecule has 7 atom stereocenters. The minimum atomic E-state index is -1.49. The van der Waals surface area contributed by atoms with Crippen LogP contribution in [0.5, 0.6) is 0 Å². The molecule has 9 amide bonds. The Morgan fingerprint density at radius 1 is 0.700 bits per heavy atom. The van der Waals surface area contributed by atoms with Gasteiger partial charge in [-0.3, -0.25) is 54.0 Å². The number of rotatable bonds is 19. The SMILES string of the molecule is CC(=O)N[C@@H](CCCNC(=N)N)C(=O)N[C@H]1CCC(=O)NCCCC(C(=O)NC2CC2)NC(=O)[C@H](Cc2c[nH]c3ccccc23)NC(=O)[C@H](CCCNC(=N)N)NC(=O)[C@@H](Cc2ccccc2)NC(=O)[C@H](Cc2c[nH]cn2)NC1=O. The molecule has 1 unspecified atom stereocenters. The lowest BCUT2D eigenvalue weighted by molar-refractivity contribution is -0.136. The first-order chi connectivity index (χ1) is 38.4. The minimum absolute atomic E-state index is 0.0233. The quantitative estimate of drug-likeness (QED) is 0.0270. The number of hydrogen-bond acceptors (Lipinski definition) is 12. The van der Waals surface area contributed by atoms with Gasteiger partial charge in [-0.2, -0.15) is 0 Å². The summed E-state index contributed by atoms with van der Waals surface area (Å²) in [4.78, 5) is 137. The lowest BCUT2D eigenvalue weighted by atomic mass is 10.0. The Balaban J connectivity index is 1.37. The number of carbonyl (C=O) groups excluding carboxylic acids is 9. The van der Waals surface area contributed by atoms with Crippen LogP contribution in [-0.4, -0.2) is 148 Å². The third-order valence-corrected chi connectivity index (χ3v) is 13.4. The Hall–Kier alpha value is -9.04. The number of fused-ring (bicyclic) bond motifs is 1. The van der Waals surface area contributed by atoms with Crippen LogP contribution in [0, 0.1) is 10.8 Å². The van der Waals surface area contributed by atoms with E-state index in [1.165, 1.54) is 19.4 Å². The summed E-state index contributed by atoms with van der Waals surface area (Å²) in [5, 5.41) is 46.1. The molecule has 1 saturated carbocycles. The number of nitrogens with zero attached hydrogens (tertiary/aromatic N) is 1. The van der Waals surface area contributed by atoms with E-state index < -0.39 is 95.5 Å². The number of imidazole rings is 1. The number of guanidine groups is 2. The van der Waals surface area contributed by atoms with E-state index in [1.54, 1.807) is 36.5 Å². The van der Waals surface area contributed by atoms with Crippen molar-refractivity contribution in [2.45, 2.75) is 139 Å². The number of carbonyl (C=O) groups is 9. The molecular formula is C53H74N18O9. The standard InChI is InChI=1S/C53H74N18O9/c1-30(72)64-37(14-8-22-60-52(54)55)46(75)68-40-19-20-44(73)59-21-7-15-38(45(74)65-33-17-18-33)66-50(79)42(25-32-27-62-36-13-6-5-12-35(32)36)70-47(76)39(16-9-23-61-53(56)57)67-49(78)41(24-31-10-3-2-4-11-31)69-51(80)43(71-48(40)77)26-34-28-58-29-63-34/h2-6,10-13,27-29,33,37-43,62H,7-9,14-26H2,1H3,(H,58,63)(H,59,73)(H,64,72)(H,65,74)(H,66,79)(H,67,78)(H,68,75)(H,69,80)(H,70,76)(H,71,77)(H4,54,55,60)(H4,56,57,61)/t37-,38?,39-,40-,41+,42-,43-/m0/s1. The van der Waals surface area contributed by atoms with Crippen LogP contribution in [0.15, 0.2) is 73.3 Å². The molecule has 27 heteroatoms. The highest BCUT2D eigenvalue weighted by Gasteiger charge is 2.36. The number of nitrogens with two attached hydrogens (primary N) is 2. The van der Waals surface area contributed by atoms with E-state index in [-0.39, 0.29) is 108 Å². The highest BCUT2D eigenvalue weighted by molar-refractivity contribution is 5.98. The molecule has 1 saturated heterocycles. The molecule has 4 aromatic rings. The van der Waals surface area contributed by atoms with Crippen molar-refractivity contribution in [3.8, 4) is 0 Å². The molecule has 0 bridgehead atoms. The molecule has 3 heterocycles. The summed E-state index contributed by atoms with van der Waals surface area (Å²) < 4.78 is 0. The number of para-hydroxylation sites is 1. The predicted molar refractivity (Wildman–Crippen MR) is 295 cm³/mol. The van der Waals surface area contributed by atoms with E-state index in [2.05, 4.69) is 73.4 Å². The van der Waals surface area contributed by atoms with Crippen molar-refractivity contribution in [2.24, 2.45) is 11.5 Å². The van der Waals surface area contributed by atoms with E-state index in [9.17, 15) is 43.2 Å². The summed E-state index contributed by atoms with van der Waals surface area (Å²) in [5.41, 5.74) is 13.3. The van der Waals surface area contributed by atoms with Gasteiger partial charge in [0.25, 0.3) is 0 Å². The third kappa shape index (κ3) is 19.8. The van der Waals surface area contributed by atoms with Gasteiger partial charge in [-0.15, -0.1) is 0 Å². The predicted octanol–water partition coefficient (Wildman–Crippen LogP) is -2.17. The maximum Gasteiger partial charge on any atom is 0.243 e. The average Bonchev–Trinajstić information content (AvgIpc) is 3.92. The van der Waals surface area contributed by atoms with Crippen molar-refractivity contribution >= 4 is 76.0 Å². The van der Waals surface area contributed by atoms with Crippen LogP contribution >= 0.6 is 0 Å². The lowest BCUT2D eigenvalue weighted by Gasteiger charge is -2.28. The van der Waals surface area contributed by atoms with Gasteiger partial charge in [-0.1, -0.05) is 48.5 Å². The number of H-pyrrole nitrogens is 2. The molecule has 430 valence electrons. The Morgan fingerprint density at radius 3 is 2.00 bits per heavy atom. The monoisotopic (exact) mass is 1110 g/mol. The lowest BCUT2D eigenvalue weighted by Crippen LogP contribution is -2.61. The van der Waals surface area contributed by atoms with E-state index in [0.29, 0.717) is 16.8 Å². The first kappa shape index (κ1) is 60.2. The second-order valence-electron chi connectivity index (χ2n) is 19.9. The van der Waals surface area contributed by atoms with E-state index in [0.717, 1.165) is 23.7 Å². The Morgan fingerprint density at radius 2 is 1.32 bits per heavy atom. The molecule has 2 fully saturated rings. The van der Waals surface area contributed by atoms with Crippen molar-refractivity contribution in [2.75, 3.05) is 19.6 Å². The largest absolute Gasteiger partial charge is 0.370 e. The topological polar surface area (TPSA) is 430 Å². The molecule has 2 aliphatic rings. The van der Waals surface area contributed by atoms with Crippen LogP contribution in [0.25, 0.3) is 10.9 Å². The number of aromatic nitrogens is 3. The maximum atomic E-state index is 14.8. The average molecular weight is 1110 g/mol. The zero-order valence-corrected chi connectivity index (χ0v) is 44.6. The van der Waals surface area contributed by atoms with Gasteiger partial charge < -0.3 is 79.9 Å². The first-order valence-electron chi connectivity index (χ1n) is 26.8.